The Morgan fingerprint density at radius 3 is 2.38 bits per heavy atom. The second-order valence-electron chi connectivity index (χ2n) is 7.10. The number of halogens is 3. The molecule has 0 saturated carbocycles. The normalized spacial score (nSPS) is 17.9. The molecule has 1 aliphatic rings. The van der Waals surface area contributed by atoms with Crippen molar-refractivity contribution in [2.24, 2.45) is 5.92 Å². The zero-order chi connectivity index (χ0) is 21.0. The Balaban J connectivity index is 1.92. The minimum absolute atomic E-state index is 0.539. The number of pyridine rings is 1. The molecule has 2 aromatic rings. The highest BCUT2D eigenvalue weighted by molar-refractivity contribution is 5.84. The molecular formula is C22H21F3N2O2. The van der Waals surface area contributed by atoms with Crippen molar-refractivity contribution in [2.45, 2.75) is 19.5 Å². The molecule has 1 unspecified atom stereocenters. The number of aliphatic carboxylic acids is 1. The molecule has 29 heavy (non-hydrogen) atoms. The van der Waals surface area contributed by atoms with Gasteiger partial charge in [-0.25, -0.2) is 9.78 Å². The number of benzene rings is 1. The number of carboxylic acid groups (broad SMARTS) is 1. The molecule has 1 aromatic heterocycles. The van der Waals surface area contributed by atoms with Gasteiger partial charge in [0.25, 0.3) is 0 Å². The molecule has 1 fully saturated rings. The van der Waals surface area contributed by atoms with Crippen LogP contribution in [0.15, 0.2) is 60.8 Å². The average molecular weight is 402 g/mol. The number of hydrogen-bond acceptors (Lipinski definition) is 3. The molecule has 0 bridgehead atoms. The fourth-order valence-corrected chi connectivity index (χ4v) is 3.30. The zero-order valence-electron chi connectivity index (χ0n) is 15.9. The van der Waals surface area contributed by atoms with Crippen LogP contribution in [0.4, 0.5) is 19.0 Å². The molecule has 3 rings (SSSR count). The van der Waals surface area contributed by atoms with Gasteiger partial charge < -0.3 is 10.0 Å². The van der Waals surface area contributed by atoms with Crippen LogP contribution in [0.25, 0.3) is 5.57 Å². The van der Waals surface area contributed by atoms with Crippen LogP contribution in [0.1, 0.15) is 30.0 Å². The second-order valence-corrected chi connectivity index (χ2v) is 7.10. The maximum absolute atomic E-state index is 12.8. The van der Waals surface area contributed by atoms with E-state index in [1.54, 1.807) is 12.3 Å². The van der Waals surface area contributed by atoms with Crippen molar-refractivity contribution in [3.8, 4) is 0 Å². The maximum atomic E-state index is 12.8. The Kier molecular flexibility index (Phi) is 6.06. The molecular weight excluding hydrogens is 381 g/mol. The van der Waals surface area contributed by atoms with Gasteiger partial charge in [-0.2, -0.15) is 13.2 Å². The first-order valence-corrected chi connectivity index (χ1v) is 9.24. The number of alkyl halides is 3. The Morgan fingerprint density at radius 2 is 1.86 bits per heavy atom. The molecule has 1 atom stereocenters. The summed E-state index contributed by atoms with van der Waals surface area (Å²) in [4.78, 5) is 17.5. The minimum atomic E-state index is -4.41. The summed E-state index contributed by atoms with van der Waals surface area (Å²) in [5.74, 6) is 0.357. The maximum Gasteiger partial charge on any atom is 0.416 e. The van der Waals surface area contributed by atoms with Crippen molar-refractivity contribution in [3.05, 3.63) is 77.5 Å². The number of nitrogens with zero attached hydrogens (tertiary/aromatic N) is 2. The molecule has 152 valence electrons. The Hall–Kier alpha value is -3.09. The van der Waals surface area contributed by atoms with Gasteiger partial charge >= 0.3 is 12.1 Å². The van der Waals surface area contributed by atoms with E-state index in [2.05, 4.69) is 16.8 Å². The third-order valence-corrected chi connectivity index (χ3v) is 4.83. The van der Waals surface area contributed by atoms with Gasteiger partial charge in [0.1, 0.15) is 5.82 Å². The van der Waals surface area contributed by atoms with Crippen LogP contribution in [-0.4, -0.2) is 29.1 Å². The van der Waals surface area contributed by atoms with E-state index in [0.717, 1.165) is 43.5 Å². The lowest BCUT2D eigenvalue weighted by Gasteiger charge is -2.17. The van der Waals surface area contributed by atoms with Crippen LogP contribution < -0.4 is 4.90 Å². The van der Waals surface area contributed by atoms with Crippen molar-refractivity contribution in [2.75, 3.05) is 18.0 Å². The van der Waals surface area contributed by atoms with Crippen LogP contribution in [0.2, 0.25) is 0 Å². The van der Waals surface area contributed by atoms with E-state index in [1.165, 1.54) is 18.2 Å². The first-order chi connectivity index (χ1) is 13.7. The predicted octanol–water partition coefficient (Wildman–Crippen LogP) is 5.02. The zero-order valence-corrected chi connectivity index (χ0v) is 15.9. The molecule has 7 heteroatoms. The molecule has 2 heterocycles. The van der Waals surface area contributed by atoms with Gasteiger partial charge in [0.2, 0.25) is 0 Å². The number of rotatable bonds is 5. The predicted molar refractivity (Wildman–Crippen MR) is 106 cm³/mol. The van der Waals surface area contributed by atoms with E-state index in [1.807, 2.05) is 12.1 Å². The lowest BCUT2D eigenvalue weighted by atomic mass is 9.97. The van der Waals surface area contributed by atoms with E-state index >= 15 is 0 Å². The second kappa shape index (κ2) is 8.51. The summed E-state index contributed by atoms with van der Waals surface area (Å²) in [5.41, 5.74) is 1.08. The summed E-state index contributed by atoms with van der Waals surface area (Å²) < 4.78 is 38.5. The third kappa shape index (κ3) is 5.25. The monoisotopic (exact) mass is 402 g/mol. The molecule has 1 N–H and O–H groups in total. The van der Waals surface area contributed by atoms with Gasteiger partial charge in [0, 0.05) is 30.9 Å². The highest BCUT2D eigenvalue weighted by atomic mass is 19.4. The number of aromatic nitrogens is 1. The number of carboxylic acids is 1. The number of allylic oxidation sites excluding steroid dienone is 2. The van der Waals surface area contributed by atoms with Crippen molar-refractivity contribution in [1.82, 2.24) is 4.98 Å². The van der Waals surface area contributed by atoms with E-state index < -0.39 is 17.7 Å². The van der Waals surface area contributed by atoms with Gasteiger partial charge in [-0.15, -0.1) is 0 Å². The lowest BCUT2D eigenvalue weighted by Crippen LogP contribution is -2.20. The molecule has 0 radical (unpaired) electrons. The summed E-state index contributed by atoms with van der Waals surface area (Å²) in [5, 5.41) is 8.81. The minimum Gasteiger partial charge on any atom is -0.478 e. The average Bonchev–Trinajstić information content (AvgIpc) is 3.11. The molecule has 0 amide bonds. The fraction of sp³-hybridized carbons (Fsp3) is 0.273. The Labute approximate surface area is 167 Å². The SMILES string of the molecule is CC1CCN(c2ccc(/C(=C/C=C/C(=O)O)c3ccc(C(F)(F)F)cc3)cn2)C1. The molecule has 4 nitrogen and oxygen atoms in total. The Bertz CT molecular complexity index is 917. The van der Waals surface area contributed by atoms with Crippen molar-refractivity contribution in [3.63, 3.8) is 0 Å². The number of anilines is 1. The topological polar surface area (TPSA) is 53.4 Å². The first kappa shape index (κ1) is 20.6. The van der Waals surface area contributed by atoms with Crippen LogP contribution in [-0.2, 0) is 11.0 Å². The van der Waals surface area contributed by atoms with Gasteiger partial charge in [0.05, 0.1) is 5.56 Å². The first-order valence-electron chi connectivity index (χ1n) is 9.24. The highest BCUT2D eigenvalue weighted by Gasteiger charge is 2.30. The van der Waals surface area contributed by atoms with Gasteiger partial charge in [0.15, 0.2) is 0 Å². The smallest absolute Gasteiger partial charge is 0.416 e. The summed E-state index contributed by atoms with van der Waals surface area (Å²) >= 11 is 0. The van der Waals surface area contributed by atoms with Crippen molar-refractivity contribution < 1.29 is 23.1 Å². The van der Waals surface area contributed by atoms with E-state index in [9.17, 15) is 18.0 Å². The van der Waals surface area contributed by atoms with E-state index in [4.69, 9.17) is 5.11 Å². The molecule has 0 spiro atoms. The number of carbonyl (C=O) groups is 1. The van der Waals surface area contributed by atoms with Crippen molar-refractivity contribution >= 4 is 17.4 Å². The van der Waals surface area contributed by atoms with Crippen LogP contribution in [0, 0.1) is 5.92 Å². The summed E-state index contributed by atoms with van der Waals surface area (Å²) in [6, 6.07) is 8.50. The van der Waals surface area contributed by atoms with Crippen LogP contribution >= 0.6 is 0 Å². The van der Waals surface area contributed by atoms with Crippen LogP contribution in [0.3, 0.4) is 0 Å². The standard InChI is InChI=1S/C22H21F3N2O2/c1-15-11-12-27(14-15)20-10-7-17(13-26-20)19(3-2-4-21(28)29)16-5-8-18(9-6-16)22(23,24)25/h2-10,13,15H,11-12,14H2,1H3,(H,28,29)/b4-2+,19-3+. The largest absolute Gasteiger partial charge is 0.478 e. The Morgan fingerprint density at radius 1 is 1.17 bits per heavy atom. The molecule has 1 aromatic carbocycles. The van der Waals surface area contributed by atoms with E-state index in [-0.39, 0.29) is 0 Å². The highest BCUT2D eigenvalue weighted by Crippen LogP contribution is 2.32. The van der Waals surface area contributed by atoms with Crippen molar-refractivity contribution in [1.29, 1.82) is 0 Å². The quantitative estimate of drug-likeness (QED) is 0.564. The molecule has 1 aliphatic heterocycles. The van der Waals surface area contributed by atoms with Crippen LogP contribution in [0.5, 0.6) is 0 Å². The van der Waals surface area contributed by atoms with Gasteiger partial charge in [-0.05, 0) is 47.7 Å². The third-order valence-electron chi connectivity index (χ3n) is 4.83. The summed E-state index contributed by atoms with van der Waals surface area (Å²) in [7, 11) is 0. The number of hydrogen-bond donors (Lipinski definition) is 1. The summed E-state index contributed by atoms with van der Waals surface area (Å²) in [6.07, 6.45) is 2.24. The fourth-order valence-electron chi connectivity index (χ4n) is 3.30. The molecule has 0 aliphatic carbocycles. The lowest BCUT2D eigenvalue weighted by molar-refractivity contribution is -0.137. The van der Waals surface area contributed by atoms with E-state index in [0.29, 0.717) is 22.6 Å². The van der Waals surface area contributed by atoms with Gasteiger partial charge in [-0.1, -0.05) is 31.2 Å². The molecule has 1 saturated heterocycles. The summed E-state index contributed by atoms with van der Waals surface area (Å²) in [6.45, 7) is 4.07. The van der Waals surface area contributed by atoms with Gasteiger partial charge in [-0.3, -0.25) is 0 Å².